The van der Waals surface area contributed by atoms with E-state index in [0.29, 0.717) is 6.04 Å². The summed E-state index contributed by atoms with van der Waals surface area (Å²) in [7, 11) is 0. The predicted molar refractivity (Wildman–Crippen MR) is 87.8 cm³/mol. The van der Waals surface area contributed by atoms with Crippen molar-refractivity contribution in [3.8, 4) is 0 Å². The van der Waals surface area contributed by atoms with Gasteiger partial charge in [-0.25, -0.2) is 4.98 Å². The van der Waals surface area contributed by atoms with Gasteiger partial charge in [-0.05, 0) is 25.5 Å². The van der Waals surface area contributed by atoms with E-state index in [4.69, 9.17) is 4.98 Å². The van der Waals surface area contributed by atoms with Crippen LogP contribution < -0.4 is 0 Å². The summed E-state index contributed by atoms with van der Waals surface area (Å²) in [6.45, 7) is 8.90. The molecule has 1 aliphatic rings. The summed E-state index contributed by atoms with van der Waals surface area (Å²) in [4.78, 5) is 9.59. The highest BCUT2D eigenvalue weighted by atomic mass is 16.3. The number of pyridine rings is 1. The van der Waals surface area contributed by atoms with Crippen LogP contribution in [0.5, 0.6) is 0 Å². The molecule has 1 saturated heterocycles. The lowest BCUT2D eigenvalue weighted by Crippen LogP contribution is -2.54. The van der Waals surface area contributed by atoms with E-state index < -0.39 is 0 Å². The van der Waals surface area contributed by atoms with Gasteiger partial charge in [0.25, 0.3) is 0 Å². The molecule has 0 radical (unpaired) electrons. The summed E-state index contributed by atoms with van der Waals surface area (Å²) in [5.41, 5.74) is 2.14. The molecule has 5 heteroatoms. The van der Waals surface area contributed by atoms with E-state index in [9.17, 15) is 5.11 Å². The van der Waals surface area contributed by atoms with Gasteiger partial charge >= 0.3 is 0 Å². The minimum Gasteiger partial charge on any atom is -0.392 e. The molecule has 1 N–H and O–H groups in total. The van der Waals surface area contributed by atoms with Gasteiger partial charge in [-0.3, -0.25) is 9.80 Å². The van der Waals surface area contributed by atoms with Crippen LogP contribution in [0.25, 0.3) is 5.65 Å². The number of β-amino-alcohol motifs (C(OH)–C–C–N with tert-alkyl or cyclic N) is 1. The lowest BCUT2D eigenvalue weighted by Gasteiger charge is -2.41. The van der Waals surface area contributed by atoms with Crippen LogP contribution in [-0.2, 0) is 6.54 Å². The second-order valence-corrected chi connectivity index (χ2v) is 6.34. The number of imidazole rings is 1. The van der Waals surface area contributed by atoms with Crippen LogP contribution in [0, 0.1) is 0 Å². The maximum Gasteiger partial charge on any atom is 0.137 e. The number of aliphatic hydroxyl groups is 1. The zero-order valence-electron chi connectivity index (χ0n) is 13.5. The fraction of sp³-hybridized carbons (Fsp3) is 0.588. The van der Waals surface area contributed by atoms with E-state index in [1.165, 1.54) is 0 Å². The van der Waals surface area contributed by atoms with Gasteiger partial charge in [-0.2, -0.15) is 0 Å². The first-order valence-electron chi connectivity index (χ1n) is 8.22. The fourth-order valence-corrected chi connectivity index (χ4v) is 3.36. The molecule has 2 aromatic rings. The third-order valence-corrected chi connectivity index (χ3v) is 4.46. The first-order chi connectivity index (χ1) is 10.7. The number of nitrogens with zero attached hydrogens (tertiary/aromatic N) is 4. The van der Waals surface area contributed by atoms with E-state index in [0.717, 1.165) is 50.5 Å². The Kier molecular flexibility index (Phi) is 4.76. The smallest absolute Gasteiger partial charge is 0.137 e. The van der Waals surface area contributed by atoms with Gasteiger partial charge < -0.3 is 9.51 Å². The van der Waals surface area contributed by atoms with Crippen LogP contribution in [0.3, 0.4) is 0 Å². The highest BCUT2D eigenvalue weighted by Gasteiger charge is 2.26. The molecule has 2 unspecified atom stereocenters. The Morgan fingerprint density at radius 3 is 2.95 bits per heavy atom. The van der Waals surface area contributed by atoms with Crippen molar-refractivity contribution in [3.05, 3.63) is 36.3 Å². The maximum absolute atomic E-state index is 9.63. The van der Waals surface area contributed by atoms with E-state index in [1.54, 1.807) is 0 Å². The zero-order chi connectivity index (χ0) is 15.5. The minimum atomic E-state index is -0.251. The van der Waals surface area contributed by atoms with Crippen molar-refractivity contribution >= 4 is 5.65 Å². The normalized spacial score (nSPS) is 22.2. The Hall–Kier alpha value is -1.43. The Balaban J connectivity index is 1.64. The van der Waals surface area contributed by atoms with Crippen LogP contribution in [0.2, 0.25) is 0 Å². The van der Waals surface area contributed by atoms with Crippen molar-refractivity contribution < 1.29 is 5.11 Å². The highest BCUT2D eigenvalue weighted by Crippen LogP contribution is 2.16. The molecule has 3 rings (SSSR count). The first-order valence-corrected chi connectivity index (χ1v) is 8.22. The van der Waals surface area contributed by atoms with Crippen molar-refractivity contribution in [3.63, 3.8) is 0 Å². The summed E-state index contributed by atoms with van der Waals surface area (Å²) in [5, 5.41) is 9.63. The largest absolute Gasteiger partial charge is 0.392 e. The molecule has 3 heterocycles. The van der Waals surface area contributed by atoms with Crippen LogP contribution in [0.15, 0.2) is 30.6 Å². The lowest BCUT2D eigenvalue weighted by atomic mass is 10.1. The molecule has 2 atom stereocenters. The predicted octanol–water partition coefficient (Wildman–Crippen LogP) is 1.61. The van der Waals surface area contributed by atoms with Crippen molar-refractivity contribution in [1.29, 1.82) is 0 Å². The second-order valence-electron chi connectivity index (χ2n) is 6.34. The number of piperazine rings is 1. The quantitative estimate of drug-likeness (QED) is 0.911. The number of rotatable bonds is 5. The summed E-state index contributed by atoms with van der Waals surface area (Å²) in [5.74, 6) is 0. The molecule has 0 amide bonds. The number of hydrogen-bond donors (Lipinski definition) is 1. The molecule has 0 aliphatic carbocycles. The Morgan fingerprint density at radius 2 is 2.23 bits per heavy atom. The van der Waals surface area contributed by atoms with E-state index in [2.05, 4.69) is 27.3 Å². The molecule has 1 aliphatic heterocycles. The van der Waals surface area contributed by atoms with Gasteiger partial charge in [-0.1, -0.05) is 13.0 Å². The topological polar surface area (TPSA) is 44.0 Å². The third kappa shape index (κ3) is 3.48. The first kappa shape index (κ1) is 15.5. The molecular formula is C17H26N4O. The van der Waals surface area contributed by atoms with Gasteiger partial charge in [0.2, 0.25) is 0 Å². The van der Waals surface area contributed by atoms with Gasteiger partial charge in [0, 0.05) is 51.2 Å². The maximum atomic E-state index is 9.63. The average molecular weight is 302 g/mol. The molecule has 22 heavy (non-hydrogen) atoms. The fourth-order valence-electron chi connectivity index (χ4n) is 3.36. The number of fused-ring (bicyclic) bond motifs is 1. The highest BCUT2D eigenvalue weighted by molar-refractivity contribution is 5.39. The Morgan fingerprint density at radius 1 is 1.36 bits per heavy atom. The molecular weight excluding hydrogens is 276 g/mol. The van der Waals surface area contributed by atoms with E-state index in [-0.39, 0.29) is 6.10 Å². The van der Waals surface area contributed by atoms with Crippen LogP contribution >= 0.6 is 0 Å². The summed E-state index contributed by atoms with van der Waals surface area (Å²) in [6, 6.07) is 6.62. The van der Waals surface area contributed by atoms with E-state index in [1.807, 2.05) is 31.3 Å². The van der Waals surface area contributed by atoms with Crippen molar-refractivity contribution in [2.24, 2.45) is 0 Å². The van der Waals surface area contributed by atoms with Crippen molar-refractivity contribution in [1.82, 2.24) is 19.2 Å². The Labute approximate surface area is 132 Å². The second kappa shape index (κ2) is 6.77. The third-order valence-electron chi connectivity index (χ3n) is 4.46. The average Bonchev–Trinajstić information content (AvgIpc) is 2.90. The molecule has 5 nitrogen and oxygen atoms in total. The molecule has 0 spiro atoms. The van der Waals surface area contributed by atoms with Crippen molar-refractivity contribution in [2.45, 2.75) is 39.0 Å². The Bertz CT molecular complexity index is 576. The molecule has 0 bridgehead atoms. The SMILES string of the molecule is CCC1CN(Cc2cn3ccccc3n2)CCN1CC(C)O. The standard InChI is InChI=1S/C17H26N4O/c1-3-16-13-19(8-9-20(16)10-14(2)22)11-15-12-21-7-5-4-6-17(21)18-15/h4-7,12,14,16,22H,3,8-11,13H2,1-2H3. The summed E-state index contributed by atoms with van der Waals surface area (Å²) >= 11 is 0. The summed E-state index contributed by atoms with van der Waals surface area (Å²) in [6.07, 6.45) is 5.03. The van der Waals surface area contributed by atoms with Gasteiger partial charge in [0.1, 0.15) is 5.65 Å². The van der Waals surface area contributed by atoms with Crippen LogP contribution in [-0.4, -0.2) is 62.6 Å². The van der Waals surface area contributed by atoms with E-state index >= 15 is 0 Å². The summed E-state index contributed by atoms with van der Waals surface area (Å²) < 4.78 is 2.08. The number of aliphatic hydroxyl groups excluding tert-OH is 1. The molecule has 120 valence electrons. The van der Waals surface area contributed by atoms with Crippen LogP contribution in [0.4, 0.5) is 0 Å². The molecule has 2 aromatic heterocycles. The molecule has 1 fully saturated rings. The monoisotopic (exact) mass is 302 g/mol. The van der Waals surface area contributed by atoms with Gasteiger partial charge in [-0.15, -0.1) is 0 Å². The molecule has 0 saturated carbocycles. The molecule has 0 aromatic carbocycles. The minimum absolute atomic E-state index is 0.251. The van der Waals surface area contributed by atoms with Crippen LogP contribution in [0.1, 0.15) is 26.0 Å². The van der Waals surface area contributed by atoms with Gasteiger partial charge in [0.05, 0.1) is 11.8 Å². The van der Waals surface area contributed by atoms with Gasteiger partial charge in [0.15, 0.2) is 0 Å². The lowest BCUT2D eigenvalue weighted by molar-refractivity contribution is 0.0334. The van der Waals surface area contributed by atoms with Crippen molar-refractivity contribution in [2.75, 3.05) is 26.2 Å². The number of hydrogen-bond acceptors (Lipinski definition) is 4. The number of aromatic nitrogens is 2. The zero-order valence-corrected chi connectivity index (χ0v) is 13.5.